The standard InChI is InChI=1S/C17H25NO/c1-12-8-9-13(17(2,3)4)11-14(12)16(19)15-7-5-6-10-18-15/h8-9,11,15,18H,5-7,10H2,1-4H3. The van der Waals surface area contributed by atoms with Crippen LogP contribution >= 0.6 is 0 Å². The summed E-state index contributed by atoms with van der Waals surface area (Å²) in [5.74, 6) is 0.267. The average molecular weight is 259 g/mol. The summed E-state index contributed by atoms with van der Waals surface area (Å²) in [5.41, 5.74) is 3.30. The van der Waals surface area contributed by atoms with Crippen molar-refractivity contribution in [3.05, 3.63) is 34.9 Å². The number of nitrogens with one attached hydrogen (secondary N) is 1. The fourth-order valence-corrected chi connectivity index (χ4v) is 2.62. The molecule has 0 saturated carbocycles. The first kappa shape index (κ1) is 14.3. The van der Waals surface area contributed by atoms with Crippen LogP contribution in [0.2, 0.25) is 0 Å². The maximum Gasteiger partial charge on any atom is 0.179 e. The fraction of sp³-hybridized carbons (Fsp3) is 0.588. The molecule has 0 bridgehead atoms. The molecular weight excluding hydrogens is 234 g/mol. The highest BCUT2D eigenvalue weighted by Gasteiger charge is 2.24. The monoisotopic (exact) mass is 259 g/mol. The number of benzene rings is 1. The molecule has 1 aromatic carbocycles. The van der Waals surface area contributed by atoms with Crippen LogP contribution in [0.4, 0.5) is 0 Å². The molecule has 0 amide bonds. The highest BCUT2D eigenvalue weighted by molar-refractivity contribution is 6.01. The average Bonchev–Trinajstić information content (AvgIpc) is 2.38. The molecule has 0 radical (unpaired) electrons. The third-order valence-corrected chi connectivity index (χ3v) is 4.00. The molecule has 2 nitrogen and oxygen atoms in total. The Morgan fingerprint density at radius 3 is 2.58 bits per heavy atom. The van der Waals surface area contributed by atoms with E-state index < -0.39 is 0 Å². The molecule has 1 aliphatic rings. The van der Waals surface area contributed by atoms with Gasteiger partial charge in [0, 0.05) is 5.56 Å². The lowest BCUT2D eigenvalue weighted by molar-refractivity contribution is 0.0926. The van der Waals surface area contributed by atoms with Crippen LogP contribution < -0.4 is 5.32 Å². The van der Waals surface area contributed by atoms with Gasteiger partial charge in [-0.3, -0.25) is 4.79 Å². The van der Waals surface area contributed by atoms with Crippen LogP contribution in [0, 0.1) is 6.92 Å². The second-order valence-electron chi connectivity index (χ2n) is 6.65. The molecule has 1 aliphatic heterocycles. The molecule has 2 heteroatoms. The van der Waals surface area contributed by atoms with Gasteiger partial charge in [0.1, 0.15) is 0 Å². The van der Waals surface area contributed by atoms with E-state index in [0.29, 0.717) is 0 Å². The number of Topliss-reactive ketones (excluding diaryl/α,β-unsaturated/α-hetero) is 1. The van der Waals surface area contributed by atoms with Gasteiger partial charge in [-0.05, 0) is 48.9 Å². The molecule has 1 aromatic rings. The fourth-order valence-electron chi connectivity index (χ4n) is 2.62. The molecule has 1 fully saturated rings. The van der Waals surface area contributed by atoms with E-state index >= 15 is 0 Å². The zero-order chi connectivity index (χ0) is 14.0. The van der Waals surface area contributed by atoms with Gasteiger partial charge in [-0.15, -0.1) is 0 Å². The lowest BCUT2D eigenvalue weighted by atomic mass is 9.83. The summed E-state index contributed by atoms with van der Waals surface area (Å²) in [6, 6.07) is 6.33. The summed E-state index contributed by atoms with van der Waals surface area (Å²) in [5, 5.41) is 3.35. The van der Waals surface area contributed by atoms with Gasteiger partial charge in [-0.1, -0.05) is 39.3 Å². The number of ketones is 1. The highest BCUT2D eigenvalue weighted by atomic mass is 16.1. The predicted octanol–water partition coefficient (Wildman–Crippen LogP) is 3.62. The molecule has 1 unspecified atom stereocenters. The molecule has 1 saturated heterocycles. The summed E-state index contributed by atoms with van der Waals surface area (Å²) in [4.78, 5) is 12.6. The lowest BCUT2D eigenvalue weighted by Crippen LogP contribution is -2.40. The van der Waals surface area contributed by atoms with Crippen molar-refractivity contribution in [2.45, 2.75) is 58.4 Å². The summed E-state index contributed by atoms with van der Waals surface area (Å²) in [7, 11) is 0. The first-order chi connectivity index (χ1) is 8.89. The molecule has 1 atom stereocenters. The predicted molar refractivity (Wildman–Crippen MR) is 79.9 cm³/mol. The van der Waals surface area contributed by atoms with E-state index in [0.717, 1.165) is 30.5 Å². The minimum absolute atomic E-state index is 0.0164. The zero-order valence-electron chi connectivity index (χ0n) is 12.5. The Hall–Kier alpha value is -1.15. The summed E-state index contributed by atoms with van der Waals surface area (Å²) < 4.78 is 0. The van der Waals surface area contributed by atoms with Crippen LogP contribution in [0.25, 0.3) is 0 Å². The van der Waals surface area contributed by atoms with Crippen molar-refractivity contribution in [3.63, 3.8) is 0 Å². The molecule has 0 aromatic heterocycles. The largest absolute Gasteiger partial charge is 0.307 e. The van der Waals surface area contributed by atoms with E-state index in [1.807, 2.05) is 6.92 Å². The third kappa shape index (κ3) is 3.24. The van der Waals surface area contributed by atoms with E-state index in [2.05, 4.69) is 44.3 Å². The summed E-state index contributed by atoms with van der Waals surface area (Å²) >= 11 is 0. The quantitative estimate of drug-likeness (QED) is 0.822. The minimum atomic E-state index is 0.0164. The van der Waals surface area contributed by atoms with Crippen molar-refractivity contribution >= 4 is 5.78 Å². The van der Waals surface area contributed by atoms with Crippen molar-refractivity contribution in [2.24, 2.45) is 0 Å². The minimum Gasteiger partial charge on any atom is -0.307 e. The molecule has 0 aliphatic carbocycles. The van der Waals surface area contributed by atoms with E-state index in [1.165, 1.54) is 12.0 Å². The molecule has 0 spiro atoms. The van der Waals surface area contributed by atoms with E-state index in [1.54, 1.807) is 0 Å². The van der Waals surface area contributed by atoms with Crippen LogP contribution in [0.3, 0.4) is 0 Å². The van der Waals surface area contributed by atoms with Crippen molar-refractivity contribution in [1.82, 2.24) is 5.32 Å². The van der Waals surface area contributed by atoms with Gasteiger partial charge in [-0.2, -0.15) is 0 Å². The van der Waals surface area contributed by atoms with Gasteiger partial charge in [-0.25, -0.2) is 0 Å². The number of aryl methyl sites for hydroxylation is 1. The number of carbonyl (C=O) groups is 1. The Kier molecular flexibility index (Phi) is 4.10. The van der Waals surface area contributed by atoms with E-state index in [-0.39, 0.29) is 17.2 Å². The molecule has 104 valence electrons. The van der Waals surface area contributed by atoms with Gasteiger partial charge >= 0.3 is 0 Å². The Labute approximate surface area is 116 Å². The van der Waals surface area contributed by atoms with Crippen molar-refractivity contribution in [3.8, 4) is 0 Å². The molecule has 19 heavy (non-hydrogen) atoms. The summed E-state index contributed by atoms with van der Waals surface area (Å²) in [6.45, 7) is 9.55. The third-order valence-electron chi connectivity index (χ3n) is 4.00. The van der Waals surface area contributed by atoms with Gasteiger partial charge in [0.2, 0.25) is 0 Å². The second kappa shape index (κ2) is 5.46. The number of rotatable bonds is 2. The normalized spacial score (nSPS) is 20.3. The smallest absolute Gasteiger partial charge is 0.179 e. The van der Waals surface area contributed by atoms with Gasteiger partial charge in [0.05, 0.1) is 6.04 Å². The van der Waals surface area contributed by atoms with Crippen LogP contribution in [0.5, 0.6) is 0 Å². The molecule has 2 rings (SSSR count). The highest BCUT2D eigenvalue weighted by Crippen LogP contribution is 2.25. The molecule has 1 N–H and O–H groups in total. The van der Waals surface area contributed by atoms with Gasteiger partial charge in [0.15, 0.2) is 5.78 Å². The molecular formula is C17H25NO. The van der Waals surface area contributed by atoms with Crippen molar-refractivity contribution in [2.75, 3.05) is 6.54 Å². The van der Waals surface area contributed by atoms with Crippen LogP contribution in [-0.4, -0.2) is 18.4 Å². The van der Waals surface area contributed by atoms with Crippen molar-refractivity contribution in [1.29, 1.82) is 0 Å². The first-order valence-electron chi connectivity index (χ1n) is 7.28. The Morgan fingerprint density at radius 2 is 2.00 bits per heavy atom. The zero-order valence-corrected chi connectivity index (χ0v) is 12.5. The van der Waals surface area contributed by atoms with E-state index in [4.69, 9.17) is 0 Å². The van der Waals surface area contributed by atoms with Crippen LogP contribution in [0.1, 0.15) is 61.5 Å². The molecule has 1 heterocycles. The van der Waals surface area contributed by atoms with Gasteiger partial charge in [0.25, 0.3) is 0 Å². The maximum absolute atomic E-state index is 12.6. The maximum atomic E-state index is 12.6. The topological polar surface area (TPSA) is 29.1 Å². The Bertz CT molecular complexity index is 465. The summed E-state index contributed by atoms with van der Waals surface area (Å²) in [6.07, 6.45) is 3.31. The number of carbonyl (C=O) groups excluding carboxylic acids is 1. The van der Waals surface area contributed by atoms with Crippen molar-refractivity contribution < 1.29 is 4.79 Å². The van der Waals surface area contributed by atoms with Crippen LogP contribution in [-0.2, 0) is 5.41 Å². The number of hydrogen-bond acceptors (Lipinski definition) is 2. The SMILES string of the molecule is Cc1ccc(C(C)(C)C)cc1C(=O)C1CCCCN1. The van der Waals surface area contributed by atoms with Crippen LogP contribution in [0.15, 0.2) is 18.2 Å². The van der Waals surface area contributed by atoms with Gasteiger partial charge < -0.3 is 5.32 Å². The number of hydrogen-bond donors (Lipinski definition) is 1. The Morgan fingerprint density at radius 1 is 1.26 bits per heavy atom. The second-order valence-corrected chi connectivity index (χ2v) is 6.65. The lowest BCUT2D eigenvalue weighted by Gasteiger charge is -2.25. The first-order valence-corrected chi connectivity index (χ1v) is 7.28. The van der Waals surface area contributed by atoms with E-state index in [9.17, 15) is 4.79 Å². The Balaban J connectivity index is 2.30. The number of piperidine rings is 1.